The second kappa shape index (κ2) is 15.8. The minimum Gasteiger partial charge on any atom is -0.493 e. The molecule has 0 radical (unpaired) electrons. The number of nitrogens with zero attached hydrogens (tertiary/aromatic N) is 1. The average molecular weight is 684 g/mol. The van der Waals surface area contributed by atoms with E-state index < -0.39 is 24.3 Å². The van der Waals surface area contributed by atoms with E-state index in [0.717, 1.165) is 15.6 Å². The summed E-state index contributed by atoms with van der Waals surface area (Å²) in [5.74, 6) is 1.28. The van der Waals surface area contributed by atoms with Gasteiger partial charge in [0.1, 0.15) is 13.2 Å². The van der Waals surface area contributed by atoms with E-state index in [-0.39, 0.29) is 12.2 Å². The first kappa shape index (κ1) is 33.1. The number of aliphatic hydroxyl groups excluding tert-OH is 1. The lowest BCUT2D eigenvalue weighted by Crippen LogP contribution is -2.45. The largest absolute Gasteiger partial charge is 0.493 e. The number of esters is 1. The van der Waals surface area contributed by atoms with Crippen molar-refractivity contribution in [3.05, 3.63) is 93.1 Å². The maximum atomic E-state index is 12.4. The molecule has 0 unspecified atom stereocenters. The molecule has 3 aromatic rings. The molecule has 12 nitrogen and oxygen atoms in total. The molecule has 2 atom stereocenters. The van der Waals surface area contributed by atoms with Crippen LogP contribution in [0.2, 0.25) is 0 Å². The molecule has 13 heteroatoms. The van der Waals surface area contributed by atoms with Gasteiger partial charge in [-0.2, -0.15) is 5.10 Å². The molecule has 4 rings (SSSR count). The van der Waals surface area contributed by atoms with E-state index in [1.54, 1.807) is 44.4 Å². The van der Waals surface area contributed by atoms with Gasteiger partial charge in [-0.1, -0.05) is 34.1 Å². The number of benzene rings is 3. The van der Waals surface area contributed by atoms with Crippen LogP contribution in [0.25, 0.3) is 0 Å². The van der Waals surface area contributed by atoms with E-state index in [0.29, 0.717) is 47.5 Å². The summed E-state index contributed by atoms with van der Waals surface area (Å²) >= 11 is 3.42. The van der Waals surface area contributed by atoms with Crippen LogP contribution in [0.3, 0.4) is 0 Å². The van der Waals surface area contributed by atoms with E-state index in [1.165, 1.54) is 13.3 Å². The van der Waals surface area contributed by atoms with Gasteiger partial charge in [-0.05, 0) is 73.0 Å². The van der Waals surface area contributed by atoms with E-state index in [2.05, 4.69) is 37.1 Å². The molecule has 45 heavy (non-hydrogen) atoms. The molecule has 0 aliphatic carbocycles. The monoisotopic (exact) mass is 682 g/mol. The molecule has 0 saturated heterocycles. The van der Waals surface area contributed by atoms with Gasteiger partial charge < -0.3 is 39.4 Å². The first-order valence-corrected chi connectivity index (χ1v) is 14.8. The zero-order chi connectivity index (χ0) is 32.3. The molecule has 4 N–H and O–H groups in total. The van der Waals surface area contributed by atoms with E-state index in [9.17, 15) is 14.7 Å². The standard InChI is InChI=1S/C32H35BrN4O8/c1-5-43-27-15-22(30-29(31(39)42-4)19(2)35-32(40)36-30)9-13-25(27)45-18-28(38)37-34-16-21-8-12-24(26(14-21)41-3)44-17-20-6-10-23(33)11-7-20/h6-16,28,30,37-38H,5,17-18H2,1-4H3,(H2,35,36,40)/b34-16-/t28-,30-/m0/s1. The van der Waals surface area contributed by atoms with E-state index in [4.69, 9.17) is 23.7 Å². The molecule has 0 spiro atoms. The Kier molecular flexibility index (Phi) is 11.7. The molecule has 2 amide bonds. The van der Waals surface area contributed by atoms with Crippen LogP contribution < -0.4 is 35.0 Å². The minimum atomic E-state index is -1.15. The summed E-state index contributed by atoms with van der Waals surface area (Å²) in [5, 5.41) is 19.9. The average Bonchev–Trinajstić information content (AvgIpc) is 3.03. The smallest absolute Gasteiger partial charge is 0.337 e. The molecular formula is C32H35BrN4O8. The van der Waals surface area contributed by atoms with E-state index >= 15 is 0 Å². The molecular weight excluding hydrogens is 648 g/mol. The second-order valence-corrected chi connectivity index (χ2v) is 10.7. The fourth-order valence-electron chi connectivity index (χ4n) is 4.45. The van der Waals surface area contributed by atoms with Crippen molar-refractivity contribution < 1.29 is 38.4 Å². The number of rotatable bonds is 14. The molecule has 0 saturated carbocycles. The number of ether oxygens (including phenoxy) is 5. The molecule has 0 fully saturated rings. The number of urea groups is 1. The Morgan fingerprint density at radius 2 is 1.76 bits per heavy atom. The zero-order valence-electron chi connectivity index (χ0n) is 25.3. The Bertz CT molecular complexity index is 1560. The van der Waals surface area contributed by atoms with Gasteiger partial charge in [0.25, 0.3) is 0 Å². The van der Waals surface area contributed by atoms with Crippen molar-refractivity contribution >= 4 is 34.1 Å². The number of carbonyl (C=O) groups is 2. The van der Waals surface area contributed by atoms with Crippen LogP contribution in [-0.4, -0.2) is 57.0 Å². The van der Waals surface area contributed by atoms with Crippen molar-refractivity contribution in [2.45, 2.75) is 32.7 Å². The third-order valence-electron chi connectivity index (χ3n) is 6.60. The Hall–Kier alpha value is -4.75. The number of allylic oxidation sites excluding steroid dienone is 1. The van der Waals surface area contributed by atoms with Crippen molar-refractivity contribution in [1.82, 2.24) is 16.1 Å². The maximum Gasteiger partial charge on any atom is 0.337 e. The predicted molar refractivity (Wildman–Crippen MR) is 170 cm³/mol. The Morgan fingerprint density at radius 1 is 1.02 bits per heavy atom. The highest BCUT2D eigenvalue weighted by Gasteiger charge is 2.32. The van der Waals surface area contributed by atoms with Crippen LogP contribution >= 0.6 is 15.9 Å². The summed E-state index contributed by atoms with van der Waals surface area (Å²) in [5.41, 5.74) is 5.61. The summed E-state index contributed by atoms with van der Waals surface area (Å²) in [6.07, 6.45) is 0.387. The van der Waals surface area contributed by atoms with Gasteiger partial charge in [-0.25, -0.2) is 9.59 Å². The van der Waals surface area contributed by atoms with Crippen molar-refractivity contribution in [2.75, 3.05) is 27.4 Å². The van der Waals surface area contributed by atoms with Gasteiger partial charge in [-0.15, -0.1) is 0 Å². The van der Waals surface area contributed by atoms with Gasteiger partial charge >= 0.3 is 12.0 Å². The number of carbonyl (C=O) groups excluding carboxylic acids is 2. The quantitative estimate of drug-likeness (QED) is 0.0831. The topological polar surface area (TPSA) is 149 Å². The third-order valence-corrected chi connectivity index (χ3v) is 7.13. The highest BCUT2D eigenvalue weighted by molar-refractivity contribution is 9.10. The van der Waals surface area contributed by atoms with Gasteiger partial charge in [0.2, 0.25) is 0 Å². The van der Waals surface area contributed by atoms with Gasteiger partial charge in [0, 0.05) is 10.2 Å². The Labute approximate surface area is 269 Å². The molecule has 1 heterocycles. The second-order valence-electron chi connectivity index (χ2n) is 9.74. The van der Waals surface area contributed by atoms with Crippen LogP contribution in [0.5, 0.6) is 23.0 Å². The first-order chi connectivity index (χ1) is 21.7. The van der Waals surface area contributed by atoms with Crippen molar-refractivity contribution in [3.8, 4) is 23.0 Å². The first-order valence-electron chi connectivity index (χ1n) is 14.0. The highest BCUT2D eigenvalue weighted by Crippen LogP contribution is 2.35. The predicted octanol–water partition coefficient (Wildman–Crippen LogP) is 4.56. The molecule has 238 valence electrons. The number of halogens is 1. The van der Waals surface area contributed by atoms with Crippen molar-refractivity contribution in [1.29, 1.82) is 0 Å². The van der Waals surface area contributed by atoms with Crippen LogP contribution in [-0.2, 0) is 16.1 Å². The van der Waals surface area contributed by atoms with Crippen LogP contribution in [0.15, 0.2) is 81.5 Å². The summed E-state index contributed by atoms with van der Waals surface area (Å²) in [7, 11) is 2.83. The summed E-state index contributed by atoms with van der Waals surface area (Å²) < 4.78 is 28.9. The number of hydrazone groups is 1. The number of nitrogens with one attached hydrogen (secondary N) is 3. The van der Waals surface area contributed by atoms with Gasteiger partial charge in [-0.3, -0.25) is 5.43 Å². The molecule has 1 aliphatic heterocycles. The lowest BCUT2D eigenvalue weighted by Gasteiger charge is -2.28. The highest BCUT2D eigenvalue weighted by atomic mass is 79.9. The number of hydrogen-bond donors (Lipinski definition) is 4. The summed E-state index contributed by atoms with van der Waals surface area (Å²) in [6.45, 7) is 4.01. The lowest BCUT2D eigenvalue weighted by molar-refractivity contribution is -0.136. The van der Waals surface area contributed by atoms with Crippen molar-refractivity contribution in [3.63, 3.8) is 0 Å². The van der Waals surface area contributed by atoms with Gasteiger partial charge in [0.15, 0.2) is 29.2 Å². The minimum absolute atomic E-state index is 0.153. The molecule has 0 aromatic heterocycles. The fourth-order valence-corrected chi connectivity index (χ4v) is 4.71. The van der Waals surface area contributed by atoms with Crippen LogP contribution in [0.1, 0.15) is 36.6 Å². The van der Waals surface area contributed by atoms with Crippen LogP contribution in [0.4, 0.5) is 4.79 Å². The molecule has 3 aromatic carbocycles. The van der Waals surface area contributed by atoms with Crippen molar-refractivity contribution in [2.24, 2.45) is 5.10 Å². The zero-order valence-corrected chi connectivity index (χ0v) is 26.8. The normalized spacial score (nSPS) is 15.2. The number of aliphatic hydroxyl groups is 1. The third kappa shape index (κ3) is 8.89. The Morgan fingerprint density at radius 3 is 2.47 bits per heavy atom. The fraction of sp³-hybridized carbons (Fsp3) is 0.281. The Balaban J connectivity index is 1.36. The van der Waals surface area contributed by atoms with Crippen LogP contribution in [0, 0.1) is 0 Å². The SMILES string of the molecule is CCOc1cc([C@@H]2NC(=O)NC(C)=C2C(=O)OC)ccc1OC[C@H](O)N/N=C\c1ccc(OCc2ccc(Br)cc2)c(OC)c1. The number of amides is 2. The van der Waals surface area contributed by atoms with Gasteiger partial charge in [0.05, 0.1) is 38.7 Å². The molecule has 0 bridgehead atoms. The number of methoxy groups -OCH3 is 2. The summed E-state index contributed by atoms with van der Waals surface area (Å²) in [4.78, 5) is 24.6. The maximum absolute atomic E-state index is 12.4. The molecule has 1 aliphatic rings. The summed E-state index contributed by atoms with van der Waals surface area (Å²) in [6, 6.07) is 17.0. The lowest BCUT2D eigenvalue weighted by atomic mass is 9.95. The van der Waals surface area contributed by atoms with E-state index in [1.807, 2.05) is 37.3 Å². The number of hydrogen-bond acceptors (Lipinski definition) is 10.